The lowest BCUT2D eigenvalue weighted by atomic mass is 10.2. The third kappa shape index (κ3) is 5.17. The van der Waals surface area contributed by atoms with Crippen LogP contribution in [0, 0.1) is 10.1 Å². The summed E-state index contributed by atoms with van der Waals surface area (Å²) in [6, 6.07) is 8.27. The predicted molar refractivity (Wildman–Crippen MR) is 109 cm³/mol. The summed E-state index contributed by atoms with van der Waals surface area (Å²) in [5, 5.41) is 14.0. The van der Waals surface area contributed by atoms with Gasteiger partial charge in [0.25, 0.3) is 0 Å². The summed E-state index contributed by atoms with van der Waals surface area (Å²) >= 11 is 0. The summed E-state index contributed by atoms with van der Waals surface area (Å²) < 4.78 is 36.0. The van der Waals surface area contributed by atoms with Crippen LogP contribution in [0.5, 0.6) is 11.8 Å². The lowest BCUT2D eigenvalue weighted by molar-refractivity contribution is -0.389. The quantitative estimate of drug-likeness (QED) is 0.430. The SMILES string of the molecule is O=[N+]([O-])c1cn2c(n1)OCCN(c1ccnc(NCc3ccc(OC(F)F)cc3)n1)CC2. The van der Waals surface area contributed by atoms with E-state index in [9.17, 15) is 18.9 Å². The molecule has 0 saturated carbocycles. The van der Waals surface area contributed by atoms with Crippen LogP contribution in [0.3, 0.4) is 0 Å². The zero-order chi connectivity index (χ0) is 22.5. The molecule has 1 N–H and O–H groups in total. The molecule has 0 atom stereocenters. The van der Waals surface area contributed by atoms with Crippen molar-refractivity contribution in [1.82, 2.24) is 19.5 Å². The van der Waals surface area contributed by atoms with Gasteiger partial charge in [-0.05, 0) is 28.7 Å². The lowest BCUT2D eigenvalue weighted by Gasteiger charge is -2.25. The maximum atomic E-state index is 12.2. The molecule has 0 radical (unpaired) electrons. The molecule has 0 fully saturated rings. The molecule has 3 aromatic rings. The number of nitro groups is 1. The number of nitrogens with zero attached hydrogens (tertiary/aromatic N) is 6. The van der Waals surface area contributed by atoms with Crippen LogP contribution in [0.2, 0.25) is 0 Å². The Morgan fingerprint density at radius 2 is 2.00 bits per heavy atom. The molecular formula is C19H19F2N7O4. The first-order valence-corrected chi connectivity index (χ1v) is 9.68. The minimum atomic E-state index is -2.86. The summed E-state index contributed by atoms with van der Waals surface area (Å²) in [6.07, 6.45) is 2.97. The number of imidazole rings is 1. The molecule has 13 heteroatoms. The number of halogens is 2. The molecule has 32 heavy (non-hydrogen) atoms. The van der Waals surface area contributed by atoms with Crippen LogP contribution in [0.1, 0.15) is 5.56 Å². The number of anilines is 2. The second-order valence-electron chi connectivity index (χ2n) is 6.78. The van der Waals surface area contributed by atoms with Gasteiger partial charge >= 0.3 is 18.4 Å². The molecule has 0 aliphatic carbocycles. The third-order valence-corrected chi connectivity index (χ3v) is 4.68. The number of nitrogens with one attached hydrogen (secondary N) is 1. The molecule has 4 rings (SSSR count). The fourth-order valence-corrected chi connectivity index (χ4v) is 3.15. The van der Waals surface area contributed by atoms with E-state index in [1.165, 1.54) is 18.3 Å². The molecule has 168 valence electrons. The molecular weight excluding hydrogens is 428 g/mol. The number of hydrogen-bond donors (Lipinski definition) is 1. The molecule has 0 bridgehead atoms. The minimum Gasteiger partial charge on any atom is -0.444 e. The molecule has 0 spiro atoms. The average Bonchev–Trinajstić information content (AvgIpc) is 3.16. The number of benzene rings is 1. The maximum Gasteiger partial charge on any atom is 0.414 e. The van der Waals surface area contributed by atoms with E-state index in [2.05, 4.69) is 25.0 Å². The number of fused-ring (bicyclic) bond motifs is 1. The van der Waals surface area contributed by atoms with Gasteiger partial charge in [-0.15, -0.1) is 0 Å². The fraction of sp³-hybridized carbons (Fsp3) is 0.316. The number of rotatable bonds is 7. The van der Waals surface area contributed by atoms with E-state index < -0.39 is 11.5 Å². The predicted octanol–water partition coefficient (Wildman–Crippen LogP) is 2.69. The van der Waals surface area contributed by atoms with E-state index >= 15 is 0 Å². The van der Waals surface area contributed by atoms with Crippen molar-refractivity contribution in [2.45, 2.75) is 19.7 Å². The Labute approximate surface area is 180 Å². The van der Waals surface area contributed by atoms with E-state index in [0.29, 0.717) is 37.9 Å². The Morgan fingerprint density at radius 1 is 1.19 bits per heavy atom. The zero-order valence-electron chi connectivity index (χ0n) is 16.7. The highest BCUT2D eigenvalue weighted by atomic mass is 19.3. The molecule has 3 heterocycles. The van der Waals surface area contributed by atoms with Crippen molar-refractivity contribution in [1.29, 1.82) is 0 Å². The highest BCUT2D eigenvalue weighted by Crippen LogP contribution is 2.21. The first-order valence-electron chi connectivity index (χ1n) is 9.68. The summed E-state index contributed by atoms with van der Waals surface area (Å²) in [6.45, 7) is -0.679. The molecule has 0 unspecified atom stereocenters. The maximum absolute atomic E-state index is 12.2. The number of ether oxygens (including phenoxy) is 2. The van der Waals surface area contributed by atoms with Crippen molar-refractivity contribution < 1.29 is 23.2 Å². The van der Waals surface area contributed by atoms with Crippen molar-refractivity contribution in [3.63, 3.8) is 0 Å². The smallest absolute Gasteiger partial charge is 0.414 e. The Bertz CT molecular complexity index is 1080. The van der Waals surface area contributed by atoms with Crippen LogP contribution in [0.15, 0.2) is 42.7 Å². The van der Waals surface area contributed by atoms with Gasteiger partial charge < -0.3 is 29.8 Å². The van der Waals surface area contributed by atoms with Crippen LogP contribution in [-0.4, -0.2) is 50.8 Å². The van der Waals surface area contributed by atoms with Crippen LogP contribution in [0.4, 0.5) is 26.4 Å². The second kappa shape index (κ2) is 9.41. The monoisotopic (exact) mass is 447 g/mol. The summed E-state index contributed by atoms with van der Waals surface area (Å²) in [5.74, 6) is 0.908. The van der Waals surface area contributed by atoms with Gasteiger partial charge in [0, 0.05) is 30.8 Å². The molecule has 1 aromatic carbocycles. The first kappa shape index (κ1) is 21.2. The van der Waals surface area contributed by atoms with E-state index in [4.69, 9.17) is 4.74 Å². The van der Waals surface area contributed by atoms with Gasteiger partial charge in [-0.2, -0.15) is 13.8 Å². The van der Waals surface area contributed by atoms with Crippen LogP contribution >= 0.6 is 0 Å². The van der Waals surface area contributed by atoms with E-state index in [0.717, 1.165) is 5.56 Å². The topological polar surface area (TPSA) is 120 Å². The number of aromatic nitrogens is 4. The van der Waals surface area contributed by atoms with E-state index in [-0.39, 0.29) is 24.2 Å². The third-order valence-electron chi connectivity index (χ3n) is 4.68. The molecule has 1 aliphatic heterocycles. The Morgan fingerprint density at radius 3 is 2.75 bits per heavy atom. The summed E-state index contributed by atoms with van der Waals surface area (Å²) in [4.78, 5) is 25.0. The van der Waals surface area contributed by atoms with Gasteiger partial charge in [0.05, 0.1) is 6.54 Å². The highest BCUT2D eigenvalue weighted by Gasteiger charge is 2.23. The molecule has 11 nitrogen and oxygen atoms in total. The standard InChI is InChI=1S/C19H19F2N7O4/c20-17(21)32-14-3-1-13(2-4-14)11-23-18-22-6-5-15(24-18)26-7-8-27-12-16(28(29)30)25-19(27)31-10-9-26/h1-6,12,17H,7-11H2,(H,22,23,24). The minimum absolute atomic E-state index is 0.0904. The van der Waals surface area contributed by atoms with Gasteiger partial charge in [-0.25, -0.2) is 4.98 Å². The molecule has 2 aromatic heterocycles. The van der Waals surface area contributed by atoms with Crippen molar-refractivity contribution in [2.24, 2.45) is 0 Å². The van der Waals surface area contributed by atoms with Gasteiger partial charge in [0.15, 0.2) is 0 Å². The van der Waals surface area contributed by atoms with Crippen molar-refractivity contribution in [3.8, 4) is 11.8 Å². The van der Waals surface area contributed by atoms with Gasteiger partial charge in [-0.3, -0.25) is 4.57 Å². The molecule has 0 amide bonds. The zero-order valence-corrected chi connectivity index (χ0v) is 16.7. The van der Waals surface area contributed by atoms with Gasteiger partial charge in [-0.1, -0.05) is 12.1 Å². The first-order chi connectivity index (χ1) is 15.5. The summed E-state index contributed by atoms with van der Waals surface area (Å²) in [7, 11) is 0. The fourth-order valence-electron chi connectivity index (χ4n) is 3.15. The number of alkyl halides is 2. The van der Waals surface area contributed by atoms with Gasteiger partial charge in [0.2, 0.25) is 5.95 Å². The van der Waals surface area contributed by atoms with Crippen molar-refractivity contribution >= 4 is 17.6 Å². The Kier molecular flexibility index (Phi) is 6.24. The van der Waals surface area contributed by atoms with Crippen LogP contribution in [0.25, 0.3) is 0 Å². The average molecular weight is 447 g/mol. The van der Waals surface area contributed by atoms with Crippen LogP contribution in [-0.2, 0) is 13.1 Å². The van der Waals surface area contributed by atoms with Crippen molar-refractivity contribution in [3.05, 3.63) is 58.4 Å². The Hall–Kier alpha value is -4.03. The summed E-state index contributed by atoms with van der Waals surface area (Å²) in [5.41, 5.74) is 0.842. The molecule has 1 aliphatic rings. The van der Waals surface area contributed by atoms with E-state index in [1.807, 2.05) is 4.90 Å². The van der Waals surface area contributed by atoms with Gasteiger partial charge in [0.1, 0.15) is 24.4 Å². The Balaban J connectivity index is 1.38. The van der Waals surface area contributed by atoms with Crippen molar-refractivity contribution in [2.75, 3.05) is 29.9 Å². The van der Waals surface area contributed by atoms with Crippen LogP contribution < -0.4 is 19.7 Å². The number of hydrogen-bond acceptors (Lipinski definition) is 9. The largest absolute Gasteiger partial charge is 0.444 e. The highest BCUT2D eigenvalue weighted by molar-refractivity contribution is 5.43. The van der Waals surface area contributed by atoms with E-state index in [1.54, 1.807) is 29.0 Å². The second-order valence-corrected chi connectivity index (χ2v) is 6.78. The lowest BCUT2D eigenvalue weighted by Crippen LogP contribution is -2.34. The molecule has 0 saturated heterocycles. The normalized spacial score (nSPS) is 13.7.